The van der Waals surface area contributed by atoms with Crippen LogP contribution < -0.4 is 4.31 Å². The molecule has 1 saturated heterocycles. The maximum absolute atomic E-state index is 13.6. The van der Waals surface area contributed by atoms with E-state index < -0.39 is 31.8 Å². The second-order valence-electron chi connectivity index (χ2n) is 6.69. The fourth-order valence-electron chi connectivity index (χ4n) is 2.92. The number of aromatic nitrogens is 1. The van der Waals surface area contributed by atoms with Crippen molar-refractivity contribution in [3.8, 4) is 0 Å². The number of pyridine rings is 1. The van der Waals surface area contributed by atoms with Crippen LogP contribution in [0.15, 0.2) is 36.5 Å². The molecule has 0 radical (unpaired) electrons. The van der Waals surface area contributed by atoms with E-state index in [0.717, 1.165) is 20.7 Å². The van der Waals surface area contributed by atoms with Gasteiger partial charge >= 0.3 is 16.2 Å². The third-order valence-electron chi connectivity index (χ3n) is 4.65. The smallest absolute Gasteiger partial charge is 0.339 e. The second kappa shape index (κ2) is 9.07. The number of ether oxygens (including phenoxy) is 1. The van der Waals surface area contributed by atoms with Crippen LogP contribution in [0.1, 0.15) is 16.1 Å². The Morgan fingerprint density at radius 2 is 1.94 bits per heavy atom. The first-order valence-corrected chi connectivity index (χ1v) is 12.6. The van der Waals surface area contributed by atoms with Crippen LogP contribution in [0, 0.1) is 5.82 Å². The summed E-state index contributed by atoms with van der Waals surface area (Å²) in [6.07, 6.45) is 1.25. The molecule has 0 N–H and O–H groups in total. The molecule has 31 heavy (non-hydrogen) atoms. The summed E-state index contributed by atoms with van der Waals surface area (Å²) in [6, 6.07) is 6.35. The van der Waals surface area contributed by atoms with Gasteiger partial charge in [-0.3, -0.25) is 9.29 Å². The van der Waals surface area contributed by atoms with E-state index in [-0.39, 0.29) is 47.4 Å². The number of anilines is 1. The summed E-state index contributed by atoms with van der Waals surface area (Å²) in [5.74, 6) is -1.90. The summed E-state index contributed by atoms with van der Waals surface area (Å²) in [5.41, 5.74) is 0.562. The van der Waals surface area contributed by atoms with Gasteiger partial charge in [0, 0.05) is 19.3 Å². The fourth-order valence-corrected chi connectivity index (χ4v) is 6.12. The van der Waals surface area contributed by atoms with Crippen molar-refractivity contribution in [1.82, 2.24) is 9.29 Å². The van der Waals surface area contributed by atoms with E-state index in [1.54, 1.807) is 0 Å². The molecule has 1 fully saturated rings. The standard InChI is InChI=1S/C18H19ClFN3O6S2/c1-29-18(24)13-2-3-14(21-11-13)12-23(15-4-5-17(20)16(19)10-15)31(27,28)22-6-8-30(25,26)9-7-22/h2-5,10-11H,6-9,12H2,1H3. The molecule has 9 nitrogen and oxygen atoms in total. The number of methoxy groups -OCH3 is 1. The van der Waals surface area contributed by atoms with Gasteiger partial charge in [0.05, 0.1) is 47.1 Å². The molecule has 1 aliphatic heterocycles. The minimum atomic E-state index is -4.20. The van der Waals surface area contributed by atoms with E-state index in [4.69, 9.17) is 11.6 Å². The molecular weight excluding hydrogens is 473 g/mol. The largest absolute Gasteiger partial charge is 0.465 e. The van der Waals surface area contributed by atoms with Crippen LogP contribution in [0.25, 0.3) is 0 Å². The number of nitrogens with zero attached hydrogens (tertiary/aromatic N) is 3. The minimum absolute atomic E-state index is 0.0821. The highest BCUT2D eigenvalue weighted by Gasteiger charge is 2.35. The Morgan fingerprint density at radius 3 is 2.48 bits per heavy atom. The van der Waals surface area contributed by atoms with Crippen LogP contribution in [0.5, 0.6) is 0 Å². The molecule has 1 aromatic carbocycles. The van der Waals surface area contributed by atoms with Crippen LogP contribution >= 0.6 is 11.6 Å². The van der Waals surface area contributed by atoms with Gasteiger partial charge in [0.1, 0.15) is 5.82 Å². The molecule has 0 atom stereocenters. The van der Waals surface area contributed by atoms with Crippen molar-refractivity contribution < 1.29 is 30.8 Å². The van der Waals surface area contributed by atoms with Gasteiger partial charge in [-0.25, -0.2) is 17.6 Å². The van der Waals surface area contributed by atoms with Gasteiger partial charge in [0.15, 0.2) is 9.84 Å². The van der Waals surface area contributed by atoms with Crippen LogP contribution in [0.4, 0.5) is 10.1 Å². The minimum Gasteiger partial charge on any atom is -0.465 e. The van der Waals surface area contributed by atoms with Gasteiger partial charge in [-0.05, 0) is 30.3 Å². The lowest BCUT2D eigenvalue weighted by Gasteiger charge is -2.33. The number of hydrogen-bond donors (Lipinski definition) is 0. The van der Waals surface area contributed by atoms with Crippen LogP contribution in [-0.4, -0.2) is 63.8 Å². The second-order valence-corrected chi connectivity index (χ2v) is 11.3. The number of hydrogen-bond acceptors (Lipinski definition) is 7. The summed E-state index contributed by atoms with van der Waals surface area (Å²) in [4.78, 5) is 15.7. The van der Waals surface area contributed by atoms with Gasteiger partial charge in [-0.1, -0.05) is 11.6 Å². The number of rotatable bonds is 6. The molecule has 3 rings (SSSR count). The van der Waals surface area contributed by atoms with Crippen LogP contribution in [-0.2, 0) is 31.3 Å². The zero-order valence-corrected chi connectivity index (χ0v) is 18.8. The van der Waals surface area contributed by atoms with E-state index in [1.807, 2.05) is 0 Å². The highest BCUT2D eigenvalue weighted by atomic mass is 35.5. The van der Waals surface area contributed by atoms with Crippen molar-refractivity contribution in [2.24, 2.45) is 0 Å². The Kier molecular flexibility index (Phi) is 6.84. The molecule has 1 aliphatic rings. The quantitative estimate of drug-likeness (QED) is 0.564. The number of halogens is 2. The first-order valence-electron chi connectivity index (χ1n) is 9.00. The zero-order valence-electron chi connectivity index (χ0n) is 16.4. The number of esters is 1. The average molecular weight is 492 g/mol. The number of carbonyl (C=O) groups is 1. The van der Waals surface area contributed by atoms with Crippen LogP contribution in [0.2, 0.25) is 5.02 Å². The first-order chi connectivity index (χ1) is 14.5. The lowest BCUT2D eigenvalue weighted by Crippen LogP contribution is -2.50. The monoisotopic (exact) mass is 491 g/mol. The van der Waals surface area contributed by atoms with E-state index in [2.05, 4.69) is 9.72 Å². The van der Waals surface area contributed by atoms with Crippen molar-refractivity contribution in [2.45, 2.75) is 6.54 Å². The van der Waals surface area contributed by atoms with E-state index in [0.29, 0.717) is 5.69 Å². The molecule has 2 heterocycles. The van der Waals surface area contributed by atoms with Gasteiger partial charge in [-0.15, -0.1) is 0 Å². The summed E-state index contributed by atoms with van der Waals surface area (Å²) in [6.45, 7) is -0.662. The zero-order chi connectivity index (χ0) is 22.8. The number of benzene rings is 1. The molecule has 0 bridgehead atoms. The maximum atomic E-state index is 13.6. The first kappa shape index (κ1) is 23.4. The van der Waals surface area contributed by atoms with Crippen molar-refractivity contribution in [3.63, 3.8) is 0 Å². The molecule has 1 aromatic heterocycles. The summed E-state index contributed by atoms with van der Waals surface area (Å²) >= 11 is 5.85. The van der Waals surface area contributed by atoms with Gasteiger partial charge in [0.2, 0.25) is 0 Å². The Labute approximate surface area is 184 Å². The molecule has 0 saturated carbocycles. The predicted octanol–water partition coefficient (Wildman–Crippen LogP) is 1.64. The topological polar surface area (TPSA) is 114 Å². The van der Waals surface area contributed by atoms with E-state index in [1.165, 1.54) is 31.5 Å². The van der Waals surface area contributed by atoms with Crippen molar-refractivity contribution in [3.05, 3.63) is 58.6 Å². The van der Waals surface area contributed by atoms with E-state index >= 15 is 0 Å². The number of carbonyl (C=O) groups excluding carboxylic acids is 1. The van der Waals surface area contributed by atoms with Crippen molar-refractivity contribution in [1.29, 1.82) is 0 Å². The van der Waals surface area contributed by atoms with Gasteiger partial charge in [-0.2, -0.15) is 12.7 Å². The maximum Gasteiger partial charge on any atom is 0.339 e. The van der Waals surface area contributed by atoms with Gasteiger partial charge in [0.25, 0.3) is 0 Å². The predicted molar refractivity (Wildman–Crippen MR) is 112 cm³/mol. The highest BCUT2D eigenvalue weighted by Crippen LogP contribution is 2.28. The summed E-state index contributed by atoms with van der Waals surface area (Å²) < 4.78 is 70.4. The van der Waals surface area contributed by atoms with Crippen molar-refractivity contribution >= 4 is 43.3 Å². The molecule has 2 aromatic rings. The SMILES string of the molecule is COC(=O)c1ccc(CN(c2ccc(F)c(Cl)c2)S(=O)(=O)N2CCS(=O)(=O)CC2)nc1. The van der Waals surface area contributed by atoms with E-state index in [9.17, 15) is 26.0 Å². The number of sulfone groups is 1. The molecule has 0 amide bonds. The van der Waals surface area contributed by atoms with Crippen LogP contribution in [0.3, 0.4) is 0 Å². The fraction of sp³-hybridized carbons (Fsp3) is 0.333. The Bertz CT molecular complexity index is 1180. The Morgan fingerprint density at radius 1 is 1.26 bits per heavy atom. The molecular formula is C18H19ClFN3O6S2. The highest BCUT2D eigenvalue weighted by molar-refractivity contribution is 7.92. The third-order valence-corrected chi connectivity index (χ3v) is 8.46. The summed E-state index contributed by atoms with van der Waals surface area (Å²) in [5, 5.41) is -0.270. The van der Waals surface area contributed by atoms with Gasteiger partial charge < -0.3 is 4.74 Å². The molecule has 0 aliphatic carbocycles. The molecule has 0 spiro atoms. The Hall–Kier alpha value is -2.28. The normalized spacial score (nSPS) is 16.6. The molecule has 168 valence electrons. The molecule has 0 unspecified atom stereocenters. The third kappa shape index (κ3) is 5.32. The Balaban J connectivity index is 1.96. The average Bonchev–Trinajstić information content (AvgIpc) is 2.73. The lowest BCUT2D eigenvalue weighted by molar-refractivity contribution is 0.0600. The summed E-state index contributed by atoms with van der Waals surface area (Å²) in [7, 11) is -6.28. The van der Waals surface area contributed by atoms with Crippen molar-refractivity contribution in [2.75, 3.05) is 36.0 Å². The lowest BCUT2D eigenvalue weighted by atomic mass is 10.2. The molecule has 13 heteroatoms.